The molecule has 1 aromatic carbocycles. The number of unbranched alkanes of at least 4 members (excludes halogenated alkanes) is 4. The lowest BCUT2D eigenvalue weighted by atomic mass is 10.0. The van der Waals surface area contributed by atoms with Crippen LogP contribution in [0.15, 0.2) is 18.2 Å². The van der Waals surface area contributed by atoms with Crippen molar-refractivity contribution >= 4 is 35.2 Å². The zero-order chi connectivity index (χ0) is 25.4. The largest absolute Gasteiger partial charge is 0.396 e. The Hall–Kier alpha value is -3.27. The van der Waals surface area contributed by atoms with Crippen LogP contribution in [-0.4, -0.2) is 64.8 Å². The first-order valence-electron chi connectivity index (χ1n) is 12.3. The molecule has 1 saturated heterocycles. The van der Waals surface area contributed by atoms with Crippen LogP contribution in [0.5, 0.6) is 0 Å². The summed E-state index contributed by atoms with van der Waals surface area (Å²) in [7, 11) is 0. The van der Waals surface area contributed by atoms with E-state index >= 15 is 0 Å². The molecule has 0 saturated carbocycles. The topological polar surface area (TPSA) is 145 Å². The van der Waals surface area contributed by atoms with E-state index in [0.29, 0.717) is 25.1 Å². The molecule has 1 aromatic rings. The minimum absolute atomic E-state index is 0.0103. The van der Waals surface area contributed by atoms with Gasteiger partial charge in [0.1, 0.15) is 6.04 Å². The van der Waals surface area contributed by atoms with Gasteiger partial charge in [0.25, 0.3) is 11.8 Å². The Morgan fingerprint density at radius 2 is 1.86 bits per heavy atom. The first-order chi connectivity index (χ1) is 16.8. The predicted octanol–water partition coefficient (Wildman–Crippen LogP) is 1.73. The Morgan fingerprint density at radius 3 is 2.60 bits per heavy atom. The van der Waals surface area contributed by atoms with E-state index in [1.807, 2.05) is 6.92 Å². The third kappa shape index (κ3) is 6.66. The van der Waals surface area contributed by atoms with Gasteiger partial charge < -0.3 is 15.7 Å². The van der Waals surface area contributed by atoms with Crippen molar-refractivity contribution in [1.29, 1.82) is 0 Å². The van der Waals surface area contributed by atoms with Gasteiger partial charge in [0.05, 0.1) is 11.1 Å². The number of rotatable bonds is 13. The molecule has 0 bridgehead atoms. The van der Waals surface area contributed by atoms with Crippen LogP contribution in [0.25, 0.3) is 0 Å². The van der Waals surface area contributed by atoms with Crippen molar-refractivity contribution in [2.24, 2.45) is 0 Å². The van der Waals surface area contributed by atoms with Gasteiger partial charge in [0, 0.05) is 37.7 Å². The van der Waals surface area contributed by atoms with Crippen molar-refractivity contribution in [3.63, 3.8) is 0 Å². The van der Waals surface area contributed by atoms with Gasteiger partial charge in [0.2, 0.25) is 17.7 Å². The van der Waals surface area contributed by atoms with Crippen LogP contribution < -0.4 is 16.0 Å². The third-order valence-corrected chi connectivity index (χ3v) is 6.33. The van der Waals surface area contributed by atoms with Gasteiger partial charge in [-0.25, -0.2) is 0 Å². The first-order valence-corrected chi connectivity index (χ1v) is 12.3. The number of hydrogen-bond acceptors (Lipinski definition) is 7. The lowest BCUT2D eigenvalue weighted by Crippen LogP contribution is -2.54. The highest BCUT2D eigenvalue weighted by Gasteiger charge is 2.45. The van der Waals surface area contributed by atoms with Gasteiger partial charge >= 0.3 is 0 Å². The number of amides is 5. The first kappa shape index (κ1) is 26.3. The highest BCUT2D eigenvalue weighted by atomic mass is 16.3. The molecule has 4 N–H and O–H groups in total. The summed E-state index contributed by atoms with van der Waals surface area (Å²) in [6, 6.07) is 4.03. The van der Waals surface area contributed by atoms with Crippen LogP contribution in [0.3, 0.4) is 0 Å². The summed E-state index contributed by atoms with van der Waals surface area (Å²) in [5, 5.41) is 17.2. The van der Waals surface area contributed by atoms with E-state index < -0.39 is 29.7 Å². The Bertz CT molecular complexity index is 979. The lowest BCUT2D eigenvalue weighted by Gasteiger charge is -2.27. The molecule has 0 spiro atoms. The molecule has 2 aliphatic heterocycles. The number of carbonyl (C=O) groups is 5. The fourth-order valence-corrected chi connectivity index (χ4v) is 4.44. The molecule has 10 nitrogen and oxygen atoms in total. The summed E-state index contributed by atoms with van der Waals surface area (Å²) in [5.41, 5.74) is 1.09. The summed E-state index contributed by atoms with van der Waals surface area (Å²) >= 11 is 0. The van der Waals surface area contributed by atoms with Crippen LogP contribution in [0.4, 0.5) is 5.69 Å². The minimum atomic E-state index is -0.979. The number of anilines is 1. The Kier molecular flexibility index (Phi) is 9.36. The molecule has 1 unspecified atom stereocenters. The molecule has 2 atom stereocenters. The van der Waals surface area contributed by atoms with Crippen molar-refractivity contribution in [3.05, 3.63) is 29.3 Å². The van der Waals surface area contributed by atoms with E-state index in [0.717, 1.165) is 37.0 Å². The number of nitrogens with one attached hydrogen (secondary N) is 3. The number of carbonyl (C=O) groups excluding carboxylic acids is 5. The highest BCUT2D eigenvalue weighted by molar-refractivity contribution is 6.25. The number of nitrogens with zero attached hydrogens (tertiary/aromatic N) is 1. The minimum Gasteiger partial charge on any atom is -0.396 e. The second kappa shape index (κ2) is 12.4. The molecule has 10 heteroatoms. The fourth-order valence-electron chi connectivity index (χ4n) is 4.44. The SMILES string of the molecule is C[C@H](CCO)NC(=O)CCCCCCCNc1cccc2c1C(=O)N(C1CCC(=O)NC1=O)C2=O. The average Bonchev–Trinajstić information content (AvgIpc) is 3.06. The summed E-state index contributed by atoms with van der Waals surface area (Å²) in [5.74, 6) is -2.05. The average molecular weight is 487 g/mol. The zero-order valence-electron chi connectivity index (χ0n) is 20.1. The number of imide groups is 2. The molecule has 5 amide bonds. The summed E-state index contributed by atoms with van der Waals surface area (Å²) in [4.78, 5) is 62.4. The van der Waals surface area contributed by atoms with Crippen molar-refractivity contribution in [2.75, 3.05) is 18.5 Å². The molecular weight excluding hydrogens is 452 g/mol. The Balaban J connectivity index is 1.42. The van der Waals surface area contributed by atoms with Crippen LogP contribution in [0.2, 0.25) is 0 Å². The molecular formula is C25H34N4O6. The molecule has 3 rings (SSSR count). The van der Waals surface area contributed by atoms with E-state index in [1.165, 1.54) is 0 Å². The highest BCUT2D eigenvalue weighted by Crippen LogP contribution is 2.32. The molecule has 0 radical (unpaired) electrons. The molecule has 1 fully saturated rings. The standard InChI is InChI=1S/C25H34N4O6/c1-16(13-15-30)27-20(31)10-5-3-2-4-6-14-26-18-9-7-8-17-22(18)25(35)29(24(17)34)19-11-12-21(32)28-23(19)33/h7-9,16,19,26,30H,2-6,10-15H2,1H3,(H,27,31)(H,28,32,33)/t16-,19?/m1/s1. The van der Waals surface area contributed by atoms with E-state index in [9.17, 15) is 24.0 Å². The zero-order valence-corrected chi connectivity index (χ0v) is 20.1. The van der Waals surface area contributed by atoms with Crippen molar-refractivity contribution < 1.29 is 29.1 Å². The van der Waals surface area contributed by atoms with Crippen molar-refractivity contribution in [1.82, 2.24) is 15.5 Å². The molecule has 0 aliphatic carbocycles. The molecule has 2 heterocycles. The maximum atomic E-state index is 13.1. The molecule has 35 heavy (non-hydrogen) atoms. The van der Waals surface area contributed by atoms with Gasteiger partial charge in [-0.15, -0.1) is 0 Å². The number of hydrogen-bond donors (Lipinski definition) is 4. The van der Waals surface area contributed by atoms with Gasteiger partial charge in [-0.1, -0.05) is 25.3 Å². The second-order valence-electron chi connectivity index (χ2n) is 9.10. The Labute approximate surface area is 204 Å². The molecule has 0 aromatic heterocycles. The second-order valence-corrected chi connectivity index (χ2v) is 9.10. The maximum absolute atomic E-state index is 13.1. The Morgan fingerprint density at radius 1 is 1.11 bits per heavy atom. The number of piperidine rings is 1. The molecule has 190 valence electrons. The summed E-state index contributed by atoms with van der Waals surface area (Å²) in [6.45, 7) is 2.55. The number of fused-ring (bicyclic) bond motifs is 1. The quantitative estimate of drug-likeness (QED) is 0.245. The maximum Gasteiger partial charge on any atom is 0.264 e. The normalized spacial score (nSPS) is 18.3. The smallest absolute Gasteiger partial charge is 0.264 e. The van der Waals surface area contributed by atoms with Gasteiger partial charge in [-0.3, -0.25) is 34.2 Å². The van der Waals surface area contributed by atoms with Crippen LogP contribution in [0, 0.1) is 0 Å². The number of aliphatic hydroxyl groups is 1. The van der Waals surface area contributed by atoms with Crippen LogP contribution in [0.1, 0.15) is 85.4 Å². The van der Waals surface area contributed by atoms with E-state index in [-0.39, 0.29) is 42.5 Å². The fraction of sp³-hybridized carbons (Fsp3) is 0.560. The van der Waals surface area contributed by atoms with Gasteiger partial charge in [-0.05, 0) is 44.7 Å². The predicted molar refractivity (Wildman–Crippen MR) is 129 cm³/mol. The van der Waals surface area contributed by atoms with Crippen molar-refractivity contribution in [2.45, 2.75) is 76.8 Å². The summed E-state index contributed by atoms with van der Waals surface area (Å²) < 4.78 is 0. The summed E-state index contributed by atoms with van der Waals surface area (Å²) in [6.07, 6.45) is 5.80. The third-order valence-electron chi connectivity index (χ3n) is 6.33. The van der Waals surface area contributed by atoms with E-state index in [1.54, 1.807) is 18.2 Å². The lowest BCUT2D eigenvalue weighted by molar-refractivity contribution is -0.136. The van der Waals surface area contributed by atoms with E-state index in [2.05, 4.69) is 16.0 Å². The van der Waals surface area contributed by atoms with Gasteiger partial charge in [-0.2, -0.15) is 0 Å². The van der Waals surface area contributed by atoms with Crippen LogP contribution >= 0.6 is 0 Å². The van der Waals surface area contributed by atoms with E-state index in [4.69, 9.17) is 5.11 Å². The van der Waals surface area contributed by atoms with Crippen molar-refractivity contribution in [3.8, 4) is 0 Å². The number of aliphatic hydroxyl groups excluding tert-OH is 1. The number of benzene rings is 1. The van der Waals surface area contributed by atoms with Gasteiger partial charge in [0.15, 0.2) is 0 Å². The molecule has 2 aliphatic rings. The van der Waals surface area contributed by atoms with Crippen LogP contribution in [-0.2, 0) is 14.4 Å². The monoisotopic (exact) mass is 486 g/mol.